The highest BCUT2D eigenvalue weighted by Crippen LogP contribution is 2.32. The number of rotatable bonds is 3. The van der Waals surface area contributed by atoms with Crippen LogP contribution in [0.4, 0.5) is 5.69 Å². The molecular formula is C12H18N4O. The lowest BCUT2D eigenvalue weighted by atomic mass is 10.0. The van der Waals surface area contributed by atoms with Gasteiger partial charge in [0, 0.05) is 24.0 Å². The van der Waals surface area contributed by atoms with Crippen molar-refractivity contribution in [3.05, 3.63) is 29.8 Å². The Labute approximate surface area is 101 Å². The minimum atomic E-state index is -0.484. The highest BCUT2D eigenvalue weighted by Gasteiger charge is 2.29. The Bertz CT molecular complexity index is 452. The van der Waals surface area contributed by atoms with E-state index in [4.69, 9.17) is 0 Å². The minimum absolute atomic E-state index is 0.258. The van der Waals surface area contributed by atoms with E-state index in [1.54, 1.807) is 12.1 Å². The van der Waals surface area contributed by atoms with Gasteiger partial charge in [0.2, 0.25) is 0 Å². The first-order chi connectivity index (χ1) is 8.14. The molecule has 0 spiro atoms. The zero-order valence-electron chi connectivity index (χ0n) is 10.3. The molecule has 0 radical (unpaired) electrons. The maximum atomic E-state index is 9.53. The van der Waals surface area contributed by atoms with E-state index in [2.05, 4.69) is 21.3 Å². The van der Waals surface area contributed by atoms with Crippen LogP contribution in [0.15, 0.2) is 24.3 Å². The summed E-state index contributed by atoms with van der Waals surface area (Å²) >= 11 is 0. The molecule has 0 saturated heterocycles. The summed E-state index contributed by atoms with van der Waals surface area (Å²) in [6.07, 6.45) is 2.01. The van der Waals surface area contributed by atoms with Crippen molar-refractivity contribution >= 4 is 11.4 Å². The lowest BCUT2D eigenvalue weighted by molar-refractivity contribution is 0.423. The molecule has 0 aromatic heterocycles. The van der Waals surface area contributed by atoms with Gasteiger partial charge < -0.3 is 15.7 Å². The van der Waals surface area contributed by atoms with Gasteiger partial charge in [-0.2, -0.15) is 0 Å². The molecule has 5 N–H and O–H groups in total. The van der Waals surface area contributed by atoms with Crippen molar-refractivity contribution in [2.24, 2.45) is 0 Å². The molecule has 2 rings (SSSR count). The van der Waals surface area contributed by atoms with E-state index in [9.17, 15) is 5.11 Å². The highest BCUT2D eigenvalue weighted by atomic mass is 16.3. The summed E-state index contributed by atoms with van der Waals surface area (Å²) in [5.74, 6) is -0.226. The number of nitrogens with one attached hydrogen (secondary N) is 4. The molecule has 92 valence electrons. The van der Waals surface area contributed by atoms with Crippen molar-refractivity contribution in [2.75, 3.05) is 26.5 Å². The van der Waals surface area contributed by atoms with Crippen LogP contribution >= 0.6 is 0 Å². The third-order valence-corrected chi connectivity index (χ3v) is 3.04. The Kier molecular flexibility index (Phi) is 2.95. The molecule has 5 heteroatoms. The summed E-state index contributed by atoms with van der Waals surface area (Å²) in [5.41, 5.74) is 2.87. The molecule has 0 bridgehead atoms. The molecule has 1 aromatic rings. The maximum Gasteiger partial charge on any atom is 0.165 e. The van der Waals surface area contributed by atoms with Gasteiger partial charge in [-0.15, -0.1) is 0 Å². The largest absolute Gasteiger partial charge is 0.508 e. The molecule has 5 nitrogen and oxygen atoms in total. The van der Waals surface area contributed by atoms with Crippen molar-refractivity contribution in [1.29, 1.82) is 0 Å². The van der Waals surface area contributed by atoms with Crippen molar-refractivity contribution < 1.29 is 5.11 Å². The number of fused-ring (bicyclic) bond motifs is 1. The first kappa shape index (κ1) is 11.8. The van der Waals surface area contributed by atoms with Crippen molar-refractivity contribution in [1.82, 2.24) is 16.0 Å². The molecule has 1 aliphatic heterocycles. The first-order valence-electron chi connectivity index (χ1n) is 5.54. The third kappa shape index (κ3) is 1.94. The van der Waals surface area contributed by atoms with Crippen LogP contribution in [0, 0.1) is 0 Å². The lowest BCUT2D eigenvalue weighted by Gasteiger charge is -2.37. The quantitative estimate of drug-likeness (QED) is 0.388. The summed E-state index contributed by atoms with van der Waals surface area (Å²) in [6.45, 7) is 0. The molecular weight excluding hydrogens is 216 g/mol. The van der Waals surface area contributed by atoms with Crippen LogP contribution in [-0.2, 0) is 0 Å². The number of phenols is 1. The summed E-state index contributed by atoms with van der Waals surface area (Å²) in [5, 5.41) is 22.4. The first-order valence-corrected chi connectivity index (χ1v) is 5.54. The van der Waals surface area contributed by atoms with Crippen LogP contribution in [0.25, 0.3) is 5.70 Å². The average molecular weight is 234 g/mol. The Morgan fingerprint density at radius 3 is 2.47 bits per heavy atom. The van der Waals surface area contributed by atoms with Gasteiger partial charge in [-0.3, -0.25) is 10.6 Å². The fraction of sp³-hybridized carbons (Fsp3) is 0.333. The molecule has 1 aliphatic rings. The molecule has 0 fully saturated rings. The van der Waals surface area contributed by atoms with Crippen molar-refractivity contribution in [3.8, 4) is 5.75 Å². The lowest BCUT2D eigenvalue weighted by Crippen LogP contribution is -2.60. The predicted octanol–water partition coefficient (Wildman–Crippen LogP) is 0.471. The van der Waals surface area contributed by atoms with Crippen LogP contribution in [0.5, 0.6) is 5.75 Å². The second-order valence-electron chi connectivity index (χ2n) is 3.97. The van der Waals surface area contributed by atoms with Gasteiger partial charge in [-0.25, -0.2) is 0 Å². The number of anilines is 1. The zero-order valence-corrected chi connectivity index (χ0v) is 10.3. The summed E-state index contributed by atoms with van der Waals surface area (Å²) < 4.78 is 0. The molecule has 0 unspecified atom stereocenters. The van der Waals surface area contributed by atoms with Gasteiger partial charge in [0.1, 0.15) is 5.75 Å². The zero-order chi connectivity index (χ0) is 12.5. The van der Waals surface area contributed by atoms with E-state index in [1.807, 2.05) is 33.3 Å². The Hall–Kier alpha value is -1.72. The molecule has 1 heterocycles. The normalized spacial score (nSPS) is 16.8. The Morgan fingerprint density at radius 2 is 1.88 bits per heavy atom. The number of phenolic OH excluding ortho intramolecular Hbond substituents is 1. The van der Waals surface area contributed by atoms with E-state index in [0.29, 0.717) is 0 Å². The van der Waals surface area contributed by atoms with Crippen LogP contribution in [0.2, 0.25) is 0 Å². The predicted molar refractivity (Wildman–Crippen MR) is 69.6 cm³/mol. The number of aromatic hydroxyl groups is 1. The van der Waals surface area contributed by atoms with Crippen LogP contribution in [0.3, 0.4) is 0 Å². The number of likely N-dealkylation sites (N-methyl/N-ethyl adjacent to an activating group) is 2. The third-order valence-electron chi connectivity index (χ3n) is 3.04. The highest BCUT2D eigenvalue weighted by molar-refractivity contribution is 5.80. The van der Waals surface area contributed by atoms with Gasteiger partial charge in [-0.1, -0.05) is 0 Å². The maximum absolute atomic E-state index is 9.53. The fourth-order valence-electron chi connectivity index (χ4n) is 2.01. The van der Waals surface area contributed by atoms with Crippen LogP contribution in [-0.4, -0.2) is 32.0 Å². The molecule has 1 aromatic carbocycles. The minimum Gasteiger partial charge on any atom is -0.508 e. The monoisotopic (exact) mass is 234 g/mol. The molecule has 0 atom stereocenters. The molecule has 0 saturated carbocycles. The Morgan fingerprint density at radius 1 is 1.18 bits per heavy atom. The fourth-order valence-corrected chi connectivity index (χ4v) is 2.01. The molecule has 0 amide bonds. The topological polar surface area (TPSA) is 68.3 Å². The van der Waals surface area contributed by atoms with Gasteiger partial charge >= 0.3 is 0 Å². The van der Waals surface area contributed by atoms with Crippen molar-refractivity contribution in [2.45, 2.75) is 5.79 Å². The van der Waals surface area contributed by atoms with Gasteiger partial charge in [0.15, 0.2) is 5.79 Å². The van der Waals surface area contributed by atoms with Gasteiger partial charge in [0.25, 0.3) is 0 Å². The summed E-state index contributed by atoms with van der Waals surface area (Å²) in [6, 6.07) is 5.26. The van der Waals surface area contributed by atoms with Crippen molar-refractivity contribution in [3.63, 3.8) is 0 Å². The standard InChI is InChI=1S/C12H18N4O/c1-13-11-7-12(14-2,15-3)16-10-5-4-8(17)6-9(10)11/h4-7,13-17H,1-3H3. The molecule has 17 heavy (non-hydrogen) atoms. The number of hydrogen-bond acceptors (Lipinski definition) is 5. The van der Waals surface area contributed by atoms with E-state index in [1.165, 1.54) is 0 Å². The second kappa shape index (κ2) is 4.27. The van der Waals surface area contributed by atoms with E-state index in [0.717, 1.165) is 16.9 Å². The van der Waals surface area contributed by atoms with Crippen LogP contribution in [0.1, 0.15) is 5.56 Å². The van der Waals surface area contributed by atoms with Crippen LogP contribution < -0.4 is 21.3 Å². The SMILES string of the molecule is CNC1=CC(NC)(NC)Nc2ccc(O)cc21. The number of benzene rings is 1. The summed E-state index contributed by atoms with van der Waals surface area (Å²) in [4.78, 5) is 0. The smallest absolute Gasteiger partial charge is 0.165 e. The Balaban J connectivity index is 2.53. The number of hydrogen-bond donors (Lipinski definition) is 5. The van der Waals surface area contributed by atoms with E-state index >= 15 is 0 Å². The second-order valence-corrected chi connectivity index (χ2v) is 3.97. The van der Waals surface area contributed by atoms with Gasteiger partial charge in [0.05, 0.1) is 0 Å². The average Bonchev–Trinajstić information content (AvgIpc) is 2.37. The van der Waals surface area contributed by atoms with E-state index < -0.39 is 5.79 Å². The van der Waals surface area contributed by atoms with E-state index in [-0.39, 0.29) is 5.75 Å². The van der Waals surface area contributed by atoms with Gasteiger partial charge in [-0.05, 0) is 38.4 Å². The molecule has 0 aliphatic carbocycles. The summed E-state index contributed by atoms with van der Waals surface area (Å²) in [7, 11) is 5.61.